The quantitative estimate of drug-likeness (QED) is 0.677. The first-order chi connectivity index (χ1) is 13.1. The highest BCUT2D eigenvalue weighted by Crippen LogP contribution is 2.40. The molecule has 0 aliphatic carbocycles. The summed E-state index contributed by atoms with van der Waals surface area (Å²) in [5.41, 5.74) is 6.19. The first kappa shape index (κ1) is 17.8. The Kier molecular flexibility index (Phi) is 4.74. The number of carbonyl (C=O) groups is 1. The number of anilines is 1. The Hall–Kier alpha value is -2.60. The Bertz CT molecular complexity index is 971. The normalized spacial score (nSPS) is 16.0. The Morgan fingerprint density at radius 1 is 1.22 bits per heavy atom. The minimum absolute atomic E-state index is 0.0386. The van der Waals surface area contributed by atoms with Crippen molar-refractivity contribution in [3.8, 4) is 11.1 Å². The summed E-state index contributed by atoms with van der Waals surface area (Å²) in [6, 6.07) is 8.59. The fourth-order valence-corrected chi connectivity index (χ4v) is 4.45. The Morgan fingerprint density at radius 3 is 2.67 bits per heavy atom. The van der Waals surface area contributed by atoms with E-state index in [9.17, 15) is 4.79 Å². The number of unbranched alkanes of at least 4 members (excludes halogenated alkanes) is 1. The molecule has 0 saturated carbocycles. The van der Waals surface area contributed by atoms with Gasteiger partial charge in [0.2, 0.25) is 0 Å². The van der Waals surface area contributed by atoms with E-state index in [0.29, 0.717) is 0 Å². The van der Waals surface area contributed by atoms with Crippen LogP contribution in [0, 0.1) is 6.92 Å². The molecule has 0 fully saturated rings. The second-order valence-corrected chi connectivity index (χ2v) is 7.89. The predicted octanol–water partition coefficient (Wildman–Crippen LogP) is 4.65. The molecule has 2 aromatic heterocycles. The standard InChI is InChI=1S/C21H24N4OS/c1-4-5-6-14-7-9-15(10-8-14)17-12-27-21-18(17)20(26)23-19(24-21)16-11-22-25(3)13(16)2/h7-12,19,24H,4-6H2,1-3H3,(H,23,26). The molecule has 3 heterocycles. The number of thiophene rings is 1. The van der Waals surface area contributed by atoms with Crippen molar-refractivity contribution in [2.24, 2.45) is 7.05 Å². The van der Waals surface area contributed by atoms with Crippen molar-refractivity contribution in [2.45, 2.75) is 39.3 Å². The average Bonchev–Trinajstić information content (AvgIpc) is 3.25. The molecule has 27 heavy (non-hydrogen) atoms. The summed E-state index contributed by atoms with van der Waals surface area (Å²) in [6.07, 6.45) is 5.06. The molecular formula is C21H24N4OS. The van der Waals surface area contributed by atoms with Crippen molar-refractivity contribution < 1.29 is 4.79 Å². The lowest BCUT2D eigenvalue weighted by Crippen LogP contribution is -2.38. The third-order valence-corrected chi connectivity index (χ3v) is 6.15. The lowest BCUT2D eigenvalue weighted by molar-refractivity contribution is 0.0937. The fraction of sp³-hybridized carbons (Fsp3) is 0.333. The maximum Gasteiger partial charge on any atom is 0.256 e. The number of hydrogen-bond acceptors (Lipinski definition) is 4. The van der Waals surface area contributed by atoms with E-state index in [4.69, 9.17) is 0 Å². The van der Waals surface area contributed by atoms with E-state index in [0.717, 1.165) is 39.4 Å². The molecular weight excluding hydrogens is 356 g/mol. The smallest absolute Gasteiger partial charge is 0.256 e. The molecule has 0 bridgehead atoms. The molecule has 0 spiro atoms. The number of fused-ring (bicyclic) bond motifs is 1. The van der Waals surface area contributed by atoms with Crippen LogP contribution in [0.2, 0.25) is 0 Å². The average molecular weight is 381 g/mol. The summed E-state index contributed by atoms with van der Waals surface area (Å²) in [5.74, 6) is -0.0386. The number of rotatable bonds is 5. The highest BCUT2D eigenvalue weighted by atomic mass is 32.1. The van der Waals surface area contributed by atoms with Crippen LogP contribution in [0.25, 0.3) is 11.1 Å². The zero-order valence-electron chi connectivity index (χ0n) is 15.9. The van der Waals surface area contributed by atoms with Crippen molar-refractivity contribution in [3.05, 3.63) is 58.2 Å². The highest BCUT2D eigenvalue weighted by Gasteiger charge is 2.30. The van der Waals surface area contributed by atoms with Crippen LogP contribution >= 0.6 is 11.3 Å². The zero-order chi connectivity index (χ0) is 19.0. The number of benzene rings is 1. The minimum Gasteiger partial charge on any atom is -0.352 e. The Labute approximate surface area is 163 Å². The van der Waals surface area contributed by atoms with Crippen LogP contribution in [0.15, 0.2) is 35.8 Å². The van der Waals surface area contributed by atoms with Gasteiger partial charge in [0.1, 0.15) is 11.2 Å². The third kappa shape index (κ3) is 3.25. The SMILES string of the molecule is CCCCc1ccc(-c2csc3c2C(=O)NC(c2cnn(C)c2C)N3)cc1. The van der Waals surface area contributed by atoms with Gasteiger partial charge in [-0.05, 0) is 30.9 Å². The summed E-state index contributed by atoms with van der Waals surface area (Å²) < 4.78 is 1.82. The van der Waals surface area contributed by atoms with Gasteiger partial charge in [-0.2, -0.15) is 5.10 Å². The van der Waals surface area contributed by atoms with E-state index in [2.05, 4.69) is 52.3 Å². The lowest BCUT2D eigenvalue weighted by atomic mass is 9.99. The topological polar surface area (TPSA) is 59.0 Å². The summed E-state index contributed by atoms with van der Waals surface area (Å²) in [6.45, 7) is 4.21. The van der Waals surface area contributed by atoms with Crippen LogP contribution in [0.4, 0.5) is 5.00 Å². The molecule has 3 aromatic rings. The molecule has 1 unspecified atom stereocenters. The van der Waals surface area contributed by atoms with Gasteiger partial charge in [-0.3, -0.25) is 9.48 Å². The van der Waals surface area contributed by atoms with Gasteiger partial charge >= 0.3 is 0 Å². The number of amides is 1. The van der Waals surface area contributed by atoms with Gasteiger partial charge in [0.15, 0.2) is 0 Å². The van der Waals surface area contributed by atoms with Crippen molar-refractivity contribution >= 4 is 22.2 Å². The number of nitrogens with one attached hydrogen (secondary N) is 2. The zero-order valence-corrected chi connectivity index (χ0v) is 16.7. The summed E-state index contributed by atoms with van der Waals surface area (Å²) in [4.78, 5) is 12.9. The molecule has 4 rings (SSSR count). The van der Waals surface area contributed by atoms with Crippen LogP contribution in [0.3, 0.4) is 0 Å². The largest absolute Gasteiger partial charge is 0.352 e. The van der Waals surface area contributed by atoms with Crippen molar-refractivity contribution in [1.29, 1.82) is 0 Å². The van der Waals surface area contributed by atoms with Crippen molar-refractivity contribution in [2.75, 3.05) is 5.32 Å². The molecule has 6 heteroatoms. The molecule has 2 N–H and O–H groups in total. The molecule has 140 valence electrons. The summed E-state index contributed by atoms with van der Waals surface area (Å²) >= 11 is 1.58. The van der Waals surface area contributed by atoms with Crippen LogP contribution in [0.1, 0.15) is 53.1 Å². The van der Waals surface area contributed by atoms with Crippen LogP contribution < -0.4 is 10.6 Å². The number of nitrogens with zero attached hydrogens (tertiary/aromatic N) is 2. The van der Waals surface area contributed by atoms with E-state index in [-0.39, 0.29) is 12.1 Å². The van der Waals surface area contributed by atoms with E-state index in [1.54, 1.807) is 11.3 Å². The summed E-state index contributed by atoms with van der Waals surface area (Å²) in [5, 5.41) is 13.8. The molecule has 5 nitrogen and oxygen atoms in total. The summed E-state index contributed by atoms with van der Waals surface area (Å²) in [7, 11) is 1.91. The maximum absolute atomic E-state index is 12.9. The number of carbonyl (C=O) groups excluding carboxylic acids is 1. The van der Waals surface area contributed by atoms with Gasteiger partial charge in [-0.15, -0.1) is 11.3 Å². The first-order valence-electron chi connectivity index (χ1n) is 9.35. The van der Waals surface area contributed by atoms with Crippen LogP contribution in [-0.2, 0) is 13.5 Å². The van der Waals surface area contributed by atoms with Gasteiger partial charge in [0.25, 0.3) is 5.91 Å². The maximum atomic E-state index is 12.9. The van der Waals surface area contributed by atoms with Crippen LogP contribution in [0.5, 0.6) is 0 Å². The molecule has 0 saturated heterocycles. The lowest BCUT2D eigenvalue weighted by Gasteiger charge is -2.26. The van der Waals surface area contributed by atoms with E-state index < -0.39 is 0 Å². The van der Waals surface area contributed by atoms with Gasteiger partial charge < -0.3 is 10.6 Å². The van der Waals surface area contributed by atoms with Gasteiger partial charge in [-0.1, -0.05) is 37.6 Å². The number of aryl methyl sites for hydroxylation is 2. The highest BCUT2D eigenvalue weighted by molar-refractivity contribution is 7.15. The number of hydrogen-bond donors (Lipinski definition) is 2. The molecule has 1 aromatic carbocycles. The molecule has 1 atom stereocenters. The second kappa shape index (κ2) is 7.19. The molecule has 0 radical (unpaired) electrons. The third-order valence-electron chi connectivity index (χ3n) is 5.24. The van der Waals surface area contributed by atoms with Gasteiger partial charge in [-0.25, -0.2) is 0 Å². The fourth-order valence-electron chi connectivity index (χ4n) is 3.46. The van der Waals surface area contributed by atoms with E-state index >= 15 is 0 Å². The van der Waals surface area contributed by atoms with Gasteiger partial charge in [0.05, 0.1) is 11.8 Å². The van der Waals surface area contributed by atoms with E-state index in [1.807, 2.05) is 24.9 Å². The number of aromatic nitrogens is 2. The predicted molar refractivity (Wildman–Crippen MR) is 110 cm³/mol. The second-order valence-electron chi connectivity index (χ2n) is 7.01. The van der Waals surface area contributed by atoms with Crippen molar-refractivity contribution in [1.82, 2.24) is 15.1 Å². The Morgan fingerprint density at radius 2 is 2.00 bits per heavy atom. The molecule has 1 amide bonds. The first-order valence-corrected chi connectivity index (χ1v) is 10.2. The van der Waals surface area contributed by atoms with Gasteiger partial charge in [0, 0.05) is 29.2 Å². The minimum atomic E-state index is -0.249. The molecule has 1 aliphatic rings. The van der Waals surface area contributed by atoms with Crippen LogP contribution in [-0.4, -0.2) is 15.7 Å². The molecule has 1 aliphatic heterocycles. The Balaban J connectivity index is 1.61. The van der Waals surface area contributed by atoms with E-state index in [1.165, 1.54) is 18.4 Å². The van der Waals surface area contributed by atoms with Crippen molar-refractivity contribution in [3.63, 3.8) is 0 Å². The monoisotopic (exact) mass is 380 g/mol.